The normalized spacial score (nSPS) is 15.2. The fourth-order valence-electron chi connectivity index (χ4n) is 2.95. The molecule has 9 nitrogen and oxygen atoms in total. The summed E-state index contributed by atoms with van der Waals surface area (Å²) in [6, 6.07) is 10.5. The van der Waals surface area contributed by atoms with Crippen molar-refractivity contribution in [1.29, 1.82) is 0 Å². The fourth-order valence-corrected chi connectivity index (χ4v) is 3.82. The van der Waals surface area contributed by atoms with E-state index >= 15 is 0 Å². The number of halogens is 2. The predicted molar refractivity (Wildman–Crippen MR) is 112 cm³/mol. The third-order valence-electron chi connectivity index (χ3n) is 4.48. The van der Waals surface area contributed by atoms with E-state index < -0.39 is 17.8 Å². The molecule has 0 bridgehead atoms. The van der Waals surface area contributed by atoms with Crippen LogP contribution in [0.1, 0.15) is 15.9 Å². The Hall–Kier alpha value is -3.80. The largest absolute Gasteiger partial charge is 0.435 e. The summed E-state index contributed by atoms with van der Waals surface area (Å²) in [5.74, 6) is -0.876. The molecule has 32 heavy (non-hydrogen) atoms. The average molecular weight is 459 g/mol. The summed E-state index contributed by atoms with van der Waals surface area (Å²) in [7, 11) is 0. The van der Waals surface area contributed by atoms with Crippen LogP contribution in [0, 0.1) is 0 Å². The number of benzene rings is 2. The summed E-state index contributed by atoms with van der Waals surface area (Å²) in [6.45, 7) is -2.86. The van der Waals surface area contributed by atoms with Gasteiger partial charge in [-0.05, 0) is 53.7 Å². The molecule has 1 aliphatic heterocycles. The topological polar surface area (TPSA) is 117 Å². The Morgan fingerprint density at radius 1 is 1.16 bits per heavy atom. The van der Waals surface area contributed by atoms with Crippen LogP contribution >= 0.6 is 11.8 Å². The number of amides is 3. The highest BCUT2D eigenvalue weighted by Gasteiger charge is 2.34. The lowest BCUT2D eigenvalue weighted by Crippen LogP contribution is -2.37. The number of aromatic nitrogens is 3. The van der Waals surface area contributed by atoms with E-state index in [-0.39, 0.29) is 29.7 Å². The number of thioether (sulfide) groups is 1. The van der Waals surface area contributed by atoms with Crippen LogP contribution in [0.2, 0.25) is 0 Å². The molecule has 1 fully saturated rings. The first kappa shape index (κ1) is 21.4. The lowest BCUT2D eigenvalue weighted by atomic mass is 10.2. The average Bonchev–Trinajstić information content (AvgIpc) is 3.33. The second kappa shape index (κ2) is 9.14. The molecule has 0 radical (unpaired) electrons. The summed E-state index contributed by atoms with van der Waals surface area (Å²) in [4.78, 5) is 38.3. The molecule has 2 N–H and O–H groups in total. The van der Waals surface area contributed by atoms with E-state index in [0.717, 1.165) is 16.7 Å². The van der Waals surface area contributed by atoms with Gasteiger partial charge < -0.3 is 10.1 Å². The maximum atomic E-state index is 12.6. The molecular weight excluding hydrogens is 444 g/mol. The van der Waals surface area contributed by atoms with Crippen LogP contribution in [0.15, 0.2) is 47.4 Å². The third-order valence-corrected chi connectivity index (χ3v) is 5.38. The Morgan fingerprint density at radius 2 is 1.91 bits per heavy atom. The van der Waals surface area contributed by atoms with E-state index in [1.54, 1.807) is 18.2 Å². The van der Waals surface area contributed by atoms with E-state index in [1.165, 1.54) is 30.3 Å². The van der Waals surface area contributed by atoms with Gasteiger partial charge in [0.05, 0.1) is 4.91 Å². The number of carbonyl (C=O) groups is 3. The number of alkyl halides is 2. The molecule has 0 saturated carbocycles. The molecule has 0 unspecified atom stereocenters. The maximum Gasteiger partial charge on any atom is 0.387 e. The molecule has 2 heterocycles. The zero-order valence-electron chi connectivity index (χ0n) is 16.2. The highest BCUT2D eigenvalue weighted by molar-refractivity contribution is 8.18. The number of nitrogens with zero attached hydrogens (tertiary/aromatic N) is 3. The van der Waals surface area contributed by atoms with E-state index in [2.05, 4.69) is 25.5 Å². The highest BCUT2D eigenvalue weighted by Crippen LogP contribution is 2.32. The van der Waals surface area contributed by atoms with Crippen molar-refractivity contribution in [2.45, 2.75) is 6.61 Å². The summed E-state index contributed by atoms with van der Waals surface area (Å²) < 4.78 is 28.7. The first-order chi connectivity index (χ1) is 15.4. The number of fused-ring (bicyclic) bond motifs is 1. The van der Waals surface area contributed by atoms with E-state index in [0.29, 0.717) is 22.2 Å². The monoisotopic (exact) mass is 459 g/mol. The Morgan fingerprint density at radius 3 is 2.66 bits per heavy atom. The van der Waals surface area contributed by atoms with Gasteiger partial charge in [0.25, 0.3) is 17.1 Å². The van der Waals surface area contributed by atoms with Gasteiger partial charge in [-0.1, -0.05) is 12.1 Å². The molecule has 1 saturated heterocycles. The molecular formula is C20H15F2N5O4S. The van der Waals surface area contributed by atoms with Crippen molar-refractivity contribution < 1.29 is 27.9 Å². The minimum Gasteiger partial charge on any atom is -0.435 e. The van der Waals surface area contributed by atoms with Crippen molar-refractivity contribution in [3.63, 3.8) is 0 Å². The standard InChI is InChI=1S/C20H15F2N5O4S/c21-19(22)31-13-4-1-11(2-5-13)9-16-18(29)27(20(30)32-16)8-7-23-17(28)12-3-6-14-15(10-12)25-26-24-14/h1-6,9-10,19H,7-8H2,(H,23,28)(H,24,25,26)/b16-9-. The third kappa shape index (κ3) is 4.75. The smallest absolute Gasteiger partial charge is 0.387 e. The van der Waals surface area contributed by atoms with Gasteiger partial charge in [-0.2, -0.15) is 24.2 Å². The molecule has 12 heteroatoms. The van der Waals surface area contributed by atoms with Gasteiger partial charge in [-0.15, -0.1) is 0 Å². The van der Waals surface area contributed by atoms with Crippen molar-refractivity contribution in [2.24, 2.45) is 0 Å². The lowest BCUT2D eigenvalue weighted by molar-refractivity contribution is -0.122. The lowest BCUT2D eigenvalue weighted by Gasteiger charge is -2.13. The number of carbonyl (C=O) groups excluding carboxylic acids is 3. The number of aromatic amines is 1. The van der Waals surface area contributed by atoms with Gasteiger partial charge in [-0.25, -0.2) is 0 Å². The van der Waals surface area contributed by atoms with Crippen LogP contribution in [-0.4, -0.2) is 57.1 Å². The number of hydrogen-bond acceptors (Lipinski definition) is 7. The van der Waals surface area contributed by atoms with Gasteiger partial charge in [0.1, 0.15) is 16.8 Å². The first-order valence-electron chi connectivity index (χ1n) is 9.30. The maximum absolute atomic E-state index is 12.6. The molecule has 0 aliphatic carbocycles. The molecule has 4 rings (SSSR count). The number of rotatable bonds is 7. The van der Waals surface area contributed by atoms with Crippen LogP contribution in [0.3, 0.4) is 0 Å². The summed E-state index contributed by atoms with van der Waals surface area (Å²) >= 11 is 0.765. The molecule has 164 valence electrons. The molecule has 3 aromatic rings. The Kier molecular flexibility index (Phi) is 6.12. The second-order valence-corrected chi connectivity index (χ2v) is 7.56. The number of nitrogens with one attached hydrogen (secondary N) is 2. The number of imide groups is 1. The minimum atomic E-state index is -2.93. The van der Waals surface area contributed by atoms with Crippen LogP contribution in [0.4, 0.5) is 13.6 Å². The van der Waals surface area contributed by atoms with E-state index in [4.69, 9.17) is 0 Å². The van der Waals surface area contributed by atoms with Gasteiger partial charge in [0.15, 0.2) is 0 Å². The van der Waals surface area contributed by atoms with Crippen LogP contribution in [0.5, 0.6) is 5.75 Å². The molecule has 3 amide bonds. The second-order valence-electron chi connectivity index (χ2n) is 6.56. The summed E-state index contributed by atoms with van der Waals surface area (Å²) in [6.07, 6.45) is 1.49. The van der Waals surface area contributed by atoms with Gasteiger partial charge >= 0.3 is 6.61 Å². The van der Waals surface area contributed by atoms with Crippen molar-refractivity contribution in [3.05, 3.63) is 58.5 Å². The fraction of sp³-hybridized carbons (Fsp3) is 0.150. The number of H-pyrrole nitrogens is 1. The molecule has 2 aromatic carbocycles. The van der Waals surface area contributed by atoms with Crippen molar-refractivity contribution in [2.75, 3.05) is 13.1 Å². The van der Waals surface area contributed by atoms with Gasteiger partial charge in [0, 0.05) is 18.7 Å². The zero-order chi connectivity index (χ0) is 22.7. The first-order valence-corrected chi connectivity index (χ1v) is 10.1. The van der Waals surface area contributed by atoms with Crippen molar-refractivity contribution in [1.82, 2.24) is 25.6 Å². The van der Waals surface area contributed by atoms with Crippen LogP contribution in [0.25, 0.3) is 17.1 Å². The highest BCUT2D eigenvalue weighted by atomic mass is 32.2. The molecule has 1 aromatic heterocycles. The van der Waals surface area contributed by atoms with Crippen molar-refractivity contribution >= 4 is 45.9 Å². The van der Waals surface area contributed by atoms with Crippen molar-refractivity contribution in [3.8, 4) is 5.75 Å². The molecule has 0 atom stereocenters. The number of ether oxygens (including phenoxy) is 1. The Labute approximate surface area is 183 Å². The quantitative estimate of drug-likeness (QED) is 0.522. The SMILES string of the molecule is O=C(NCCN1C(=O)S/C(=C\c2ccc(OC(F)F)cc2)C1=O)c1ccc2n[nH]nc2c1. The Bertz CT molecular complexity index is 1210. The van der Waals surface area contributed by atoms with E-state index in [9.17, 15) is 23.2 Å². The van der Waals surface area contributed by atoms with E-state index in [1.807, 2.05) is 0 Å². The van der Waals surface area contributed by atoms with Gasteiger partial charge in [0.2, 0.25) is 0 Å². The van der Waals surface area contributed by atoms with Gasteiger partial charge in [-0.3, -0.25) is 19.3 Å². The summed E-state index contributed by atoms with van der Waals surface area (Å²) in [5.41, 5.74) is 2.10. The van der Waals surface area contributed by atoms with Crippen LogP contribution in [-0.2, 0) is 4.79 Å². The predicted octanol–water partition coefficient (Wildman–Crippen LogP) is 3.03. The number of hydrogen-bond donors (Lipinski definition) is 2. The zero-order valence-corrected chi connectivity index (χ0v) is 17.1. The van der Waals surface area contributed by atoms with Crippen LogP contribution < -0.4 is 10.1 Å². The summed E-state index contributed by atoms with van der Waals surface area (Å²) in [5, 5.41) is 12.5. The minimum absolute atomic E-state index is 0.00111. The Balaban J connectivity index is 1.34. The molecule has 1 aliphatic rings. The molecule has 0 spiro atoms.